The van der Waals surface area contributed by atoms with E-state index < -0.39 is 0 Å². The fraction of sp³-hybridized carbons (Fsp3) is 0.176. The number of hydrogen-bond acceptors (Lipinski definition) is 3. The predicted octanol–water partition coefficient (Wildman–Crippen LogP) is 2.41. The SMILES string of the molecule is CNCc1ccc(-n2cnn(Cc3ccc(I)cc3)c2=O)cc1. The average Bonchev–Trinajstić information content (AvgIpc) is 2.92. The zero-order valence-corrected chi connectivity index (χ0v) is 14.9. The van der Waals surface area contributed by atoms with Gasteiger partial charge in [0.25, 0.3) is 0 Å². The molecule has 0 unspecified atom stereocenters. The molecule has 0 aliphatic carbocycles. The number of nitrogens with one attached hydrogen (secondary N) is 1. The van der Waals surface area contributed by atoms with Crippen LogP contribution in [0.4, 0.5) is 0 Å². The molecule has 3 aromatic rings. The molecular formula is C17H17IN4O. The number of benzene rings is 2. The molecule has 23 heavy (non-hydrogen) atoms. The van der Waals surface area contributed by atoms with Gasteiger partial charge in [-0.15, -0.1) is 0 Å². The minimum Gasteiger partial charge on any atom is -0.316 e. The molecule has 0 amide bonds. The van der Waals surface area contributed by atoms with Crippen LogP contribution in [0.2, 0.25) is 0 Å². The van der Waals surface area contributed by atoms with Gasteiger partial charge in [0.2, 0.25) is 0 Å². The van der Waals surface area contributed by atoms with Gasteiger partial charge in [-0.3, -0.25) is 0 Å². The van der Waals surface area contributed by atoms with Crippen LogP contribution >= 0.6 is 22.6 Å². The van der Waals surface area contributed by atoms with Crippen molar-refractivity contribution in [2.75, 3.05) is 7.05 Å². The van der Waals surface area contributed by atoms with Crippen LogP contribution in [0.5, 0.6) is 0 Å². The van der Waals surface area contributed by atoms with Crippen LogP contribution in [-0.4, -0.2) is 21.4 Å². The molecule has 0 radical (unpaired) electrons. The van der Waals surface area contributed by atoms with E-state index in [4.69, 9.17) is 0 Å². The zero-order chi connectivity index (χ0) is 16.2. The Morgan fingerprint density at radius 2 is 1.70 bits per heavy atom. The Morgan fingerprint density at radius 1 is 1.04 bits per heavy atom. The predicted molar refractivity (Wildman–Crippen MR) is 98.8 cm³/mol. The third-order valence-electron chi connectivity index (χ3n) is 3.57. The van der Waals surface area contributed by atoms with Crippen LogP contribution < -0.4 is 11.0 Å². The molecule has 0 saturated carbocycles. The largest absolute Gasteiger partial charge is 0.350 e. The molecular weight excluding hydrogens is 403 g/mol. The van der Waals surface area contributed by atoms with E-state index in [0.29, 0.717) is 6.54 Å². The summed E-state index contributed by atoms with van der Waals surface area (Å²) in [6, 6.07) is 16.0. The van der Waals surface area contributed by atoms with E-state index in [1.807, 2.05) is 55.6 Å². The van der Waals surface area contributed by atoms with Crippen molar-refractivity contribution in [3.8, 4) is 5.69 Å². The first kappa shape index (κ1) is 15.9. The Morgan fingerprint density at radius 3 is 2.35 bits per heavy atom. The Labute approximate surface area is 148 Å². The Kier molecular flexibility index (Phi) is 4.92. The topological polar surface area (TPSA) is 51.9 Å². The third kappa shape index (κ3) is 3.70. The van der Waals surface area contributed by atoms with Crippen molar-refractivity contribution in [3.05, 3.63) is 80.0 Å². The molecule has 3 rings (SSSR count). The minimum atomic E-state index is -0.134. The lowest BCUT2D eigenvalue weighted by Crippen LogP contribution is -2.24. The van der Waals surface area contributed by atoms with E-state index in [1.165, 1.54) is 13.8 Å². The van der Waals surface area contributed by atoms with Gasteiger partial charge in [-0.1, -0.05) is 24.3 Å². The smallest absolute Gasteiger partial charge is 0.316 e. The molecule has 2 aromatic carbocycles. The summed E-state index contributed by atoms with van der Waals surface area (Å²) in [6.07, 6.45) is 1.57. The van der Waals surface area contributed by atoms with E-state index in [9.17, 15) is 4.79 Å². The second-order valence-corrected chi connectivity index (χ2v) is 6.51. The molecule has 1 aromatic heterocycles. The summed E-state index contributed by atoms with van der Waals surface area (Å²) >= 11 is 2.26. The maximum atomic E-state index is 12.5. The van der Waals surface area contributed by atoms with Crippen molar-refractivity contribution in [2.24, 2.45) is 0 Å². The van der Waals surface area contributed by atoms with Crippen LogP contribution in [-0.2, 0) is 13.1 Å². The first-order chi connectivity index (χ1) is 11.2. The number of nitrogens with zero attached hydrogens (tertiary/aromatic N) is 3. The molecule has 6 heteroatoms. The maximum Gasteiger partial charge on any atom is 0.350 e. The van der Waals surface area contributed by atoms with Crippen molar-refractivity contribution in [2.45, 2.75) is 13.1 Å². The average molecular weight is 420 g/mol. The lowest BCUT2D eigenvalue weighted by Gasteiger charge is -2.04. The molecule has 118 valence electrons. The van der Waals surface area contributed by atoms with Gasteiger partial charge < -0.3 is 5.32 Å². The van der Waals surface area contributed by atoms with Gasteiger partial charge in [-0.25, -0.2) is 14.0 Å². The molecule has 0 aliphatic rings. The van der Waals surface area contributed by atoms with E-state index in [-0.39, 0.29) is 5.69 Å². The van der Waals surface area contributed by atoms with Crippen molar-refractivity contribution < 1.29 is 0 Å². The van der Waals surface area contributed by atoms with Crippen LogP contribution in [0.1, 0.15) is 11.1 Å². The molecule has 5 nitrogen and oxygen atoms in total. The number of halogens is 1. The van der Waals surface area contributed by atoms with E-state index in [2.05, 4.69) is 33.0 Å². The quantitative estimate of drug-likeness (QED) is 0.646. The third-order valence-corrected chi connectivity index (χ3v) is 4.29. The molecule has 0 saturated heterocycles. The van der Waals surface area contributed by atoms with Gasteiger partial charge in [-0.05, 0) is 65.0 Å². The van der Waals surface area contributed by atoms with Crippen LogP contribution in [0.15, 0.2) is 59.7 Å². The lowest BCUT2D eigenvalue weighted by atomic mass is 10.2. The van der Waals surface area contributed by atoms with Crippen molar-refractivity contribution >= 4 is 22.6 Å². The van der Waals surface area contributed by atoms with Crippen molar-refractivity contribution in [1.82, 2.24) is 19.7 Å². The van der Waals surface area contributed by atoms with Gasteiger partial charge in [-0.2, -0.15) is 5.10 Å². The fourth-order valence-corrected chi connectivity index (χ4v) is 2.72. The highest BCUT2D eigenvalue weighted by molar-refractivity contribution is 14.1. The van der Waals surface area contributed by atoms with Crippen LogP contribution in [0, 0.1) is 3.57 Å². The van der Waals surface area contributed by atoms with E-state index >= 15 is 0 Å². The standard InChI is InChI=1S/C17H17IN4O/c1-19-10-13-4-8-16(9-5-13)21-12-20-22(17(21)23)11-14-2-6-15(18)7-3-14/h2-9,12,19H,10-11H2,1H3. The monoisotopic (exact) mass is 420 g/mol. The molecule has 0 atom stereocenters. The van der Waals surface area contributed by atoms with Gasteiger partial charge in [0.05, 0.1) is 12.2 Å². The maximum absolute atomic E-state index is 12.5. The minimum absolute atomic E-state index is 0.134. The van der Waals surface area contributed by atoms with E-state index in [0.717, 1.165) is 17.8 Å². The van der Waals surface area contributed by atoms with Gasteiger partial charge in [0.1, 0.15) is 6.33 Å². The van der Waals surface area contributed by atoms with Crippen molar-refractivity contribution in [3.63, 3.8) is 0 Å². The second-order valence-electron chi connectivity index (χ2n) is 5.26. The summed E-state index contributed by atoms with van der Waals surface area (Å²) < 4.78 is 4.21. The molecule has 0 spiro atoms. The second kappa shape index (κ2) is 7.10. The molecule has 1 N–H and O–H groups in total. The van der Waals surface area contributed by atoms with Crippen LogP contribution in [0.3, 0.4) is 0 Å². The summed E-state index contributed by atoms with van der Waals surface area (Å²) in [5, 5.41) is 7.33. The molecule has 0 aliphatic heterocycles. The molecule has 1 heterocycles. The lowest BCUT2D eigenvalue weighted by molar-refractivity contribution is 0.653. The fourth-order valence-electron chi connectivity index (χ4n) is 2.36. The van der Waals surface area contributed by atoms with Gasteiger partial charge >= 0.3 is 5.69 Å². The molecule has 0 bridgehead atoms. The summed E-state index contributed by atoms with van der Waals surface area (Å²) in [6.45, 7) is 1.28. The summed E-state index contributed by atoms with van der Waals surface area (Å²) in [4.78, 5) is 12.5. The highest BCUT2D eigenvalue weighted by Crippen LogP contribution is 2.09. The van der Waals surface area contributed by atoms with Crippen molar-refractivity contribution in [1.29, 1.82) is 0 Å². The Balaban J connectivity index is 1.84. The summed E-state index contributed by atoms with van der Waals surface area (Å²) in [5.74, 6) is 0. The van der Waals surface area contributed by atoms with E-state index in [1.54, 1.807) is 10.9 Å². The number of hydrogen-bond donors (Lipinski definition) is 1. The van der Waals surface area contributed by atoms with Gasteiger partial charge in [0.15, 0.2) is 0 Å². The first-order valence-corrected chi connectivity index (χ1v) is 8.38. The highest BCUT2D eigenvalue weighted by Gasteiger charge is 2.07. The first-order valence-electron chi connectivity index (χ1n) is 7.30. The van der Waals surface area contributed by atoms with Crippen LogP contribution in [0.25, 0.3) is 5.69 Å². The van der Waals surface area contributed by atoms with Gasteiger partial charge in [0, 0.05) is 10.1 Å². The normalized spacial score (nSPS) is 10.9. The Hall–Kier alpha value is -1.93. The zero-order valence-electron chi connectivity index (χ0n) is 12.7. The molecule has 0 fully saturated rings. The summed E-state index contributed by atoms with van der Waals surface area (Å²) in [5.41, 5.74) is 2.92. The highest BCUT2D eigenvalue weighted by atomic mass is 127. The Bertz CT molecular complexity index is 834. The number of rotatable bonds is 5. The summed E-state index contributed by atoms with van der Waals surface area (Å²) in [7, 11) is 1.91. The number of aromatic nitrogens is 3.